The molecule has 1 aromatic rings. The topological polar surface area (TPSA) is 21.3 Å². The number of anilines is 1. The van der Waals surface area contributed by atoms with Crippen molar-refractivity contribution in [2.45, 2.75) is 38.1 Å². The van der Waals surface area contributed by atoms with Crippen LogP contribution in [0, 0.1) is 0 Å². The predicted molar refractivity (Wildman–Crippen MR) is 63.5 cm³/mol. The molecular formula is C13H16F3NO. The first kappa shape index (κ1) is 13.2. The van der Waals surface area contributed by atoms with Gasteiger partial charge in [-0.15, -0.1) is 0 Å². The average molecular weight is 259 g/mol. The molecule has 0 aliphatic carbocycles. The van der Waals surface area contributed by atoms with Gasteiger partial charge in [-0.1, -0.05) is 12.1 Å². The van der Waals surface area contributed by atoms with Gasteiger partial charge in [-0.3, -0.25) is 0 Å². The Kier molecular flexibility index (Phi) is 3.27. The molecule has 1 saturated heterocycles. The largest absolute Gasteiger partial charge is 0.418 e. The van der Waals surface area contributed by atoms with E-state index in [1.165, 1.54) is 12.1 Å². The standard InChI is InChI=1S/C13H16F3NO/c1-9-12(2,7-8-18-9)17-11-6-4-3-5-10(11)13(14,15)16/h3-6,9,17H,7-8H2,1-2H3. The first-order valence-electron chi connectivity index (χ1n) is 5.89. The van der Waals surface area contributed by atoms with E-state index in [0.717, 1.165) is 6.07 Å². The van der Waals surface area contributed by atoms with Gasteiger partial charge in [0.1, 0.15) is 0 Å². The van der Waals surface area contributed by atoms with Crippen LogP contribution in [0.4, 0.5) is 18.9 Å². The van der Waals surface area contributed by atoms with Crippen molar-refractivity contribution in [3.63, 3.8) is 0 Å². The normalized spacial score (nSPS) is 28.4. The molecule has 1 fully saturated rings. The lowest BCUT2D eigenvalue weighted by Gasteiger charge is -2.31. The zero-order chi connectivity index (χ0) is 13.4. The smallest absolute Gasteiger partial charge is 0.377 e. The molecule has 0 amide bonds. The van der Waals surface area contributed by atoms with Crippen molar-refractivity contribution in [3.05, 3.63) is 29.8 Å². The van der Waals surface area contributed by atoms with Crippen molar-refractivity contribution >= 4 is 5.69 Å². The predicted octanol–water partition coefficient (Wildman–Crippen LogP) is 3.68. The Morgan fingerprint density at radius 2 is 2.00 bits per heavy atom. The minimum atomic E-state index is -4.34. The van der Waals surface area contributed by atoms with Crippen LogP contribution in [-0.2, 0) is 10.9 Å². The third kappa shape index (κ3) is 2.46. The molecule has 2 rings (SSSR count). The summed E-state index contributed by atoms with van der Waals surface area (Å²) in [7, 11) is 0. The minimum absolute atomic E-state index is 0.112. The number of alkyl halides is 3. The molecule has 0 aromatic heterocycles. The van der Waals surface area contributed by atoms with Gasteiger partial charge in [0, 0.05) is 12.3 Å². The van der Waals surface area contributed by atoms with Crippen LogP contribution >= 0.6 is 0 Å². The van der Waals surface area contributed by atoms with Gasteiger partial charge in [0.25, 0.3) is 0 Å². The van der Waals surface area contributed by atoms with E-state index in [9.17, 15) is 13.2 Å². The quantitative estimate of drug-likeness (QED) is 0.874. The van der Waals surface area contributed by atoms with Gasteiger partial charge in [0.2, 0.25) is 0 Å². The number of hydrogen-bond donors (Lipinski definition) is 1. The maximum atomic E-state index is 12.9. The lowest BCUT2D eigenvalue weighted by Crippen LogP contribution is -2.41. The third-order valence-electron chi connectivity index (χ3n) is 3.54. The minimum Gasteiger partial charge on any atom is -0.377 e. The zero-order valence-corrected chi connectivity index (χ0v) is 10.3. The number of benzene rings is 1. The van der Waals surface area contributed by atoms with Crippen LogP contribution in [0.15, 0.2) is 24.3 Å². The zero-order valence-electron chi connectivity index (χ0n) is 10.3. The molecule has 1 N–H and O–H groups in total. The van der Waals surface area contributed by atoms with Crippen molar-refractivity contribution in [1.82, 2.24) is 0 Å². The molecule has 1 aliphatic rings. The number of para-hydroxylation sites is 1. The number of halogens is 3. The summed E-state index contributed by atoms with van der Waals surface area (Å²) in [6.07, 6.45) is -3.76. The fraction of sp³-hybridized carbons (Fsp3) is 0.538. The first-order valence-corrected chi connectivity index (χ1v) is 5.89. The van der Waals surface area contributed by atoms with E-state index in [2.05, 4.69) is 5.32 Å². The van der Waals surface area contributed by atoms with E-state index in [1.54, 1.807) is 6.07 Å². The van der Waals surface area contributed by atoms with E-state index in [0.29, 0.717) is 13.0 Å². The highest BCUT2D eigenvalue weighted by Crippen LogP contribution is 2.37. The number of nitrogens with one attached hydrogen (secondary N) is 1. The van der Waals surface area contributed by atoms with Crippen molar-refractivity contribution in [3.8, 4) is 0 Å². The van der Waals surface area contributed by atoms with Gasteiger partial charge in [0.15, 0.2) is 0 Å². The highest BCUT2D eigenvalue weighted by molar-refractivity contribution is 5.54. The Labute approximate surface area is 104 Å². The summed E-state index contributed by atoms with van der Waals surface area (Å²) in [5, 5.41) is 3.00. The summed E-state index contributed by atoms with van der Waals surface area (Å²) < 4.78 is 44.0. The van der Waals surface area contributed by atoms with Gasteiger partial charge in [-0.25, -0.2) is 0 Å². The molecule has 2 atom stereocenters. The second-order valence-corrected chi connectivity index (χ2v) is 4.85. The van der Waals surface area contributed by atoms with Crippen LogP contribution in [0.1, 0.15) is 25.8 Å². The Bertz CT molecular complexity index is 432. The highest BCUT2D eigenvalue weighted by Gasteiger charge is 2.40. The Hall–Kier alpha value is -1.23. The first-order chi connectivity index (χ1) is 8.33. The van der Waals surface area contributed by atoms with Crippen LogP contribution in [0.3, 0.4) is 0 Å². The molecule has 1 aromatic carbocycles. The van der Waals surface area contributed by atoms with E-state index >= 15 is 0 Å². The molecule has 2 nitrogen and oxygen atoms in total. The lowest BCUT2D eigenvalue weighted by molar-refractivity contribution is -0.137. The van der Waals surface area contributed by atoms with Gasteiger partial charge in [-0.05, 0) is 32.4 Å². The highest BCUT2D eigenvalue weighted by atomic mass is 19.4. The molecule has 0 bridgehead atoms. The SMILES string of the molecule is CC1OCCC1(C)Nc1ccccc1C(F)(F)F. The van der Waals surface area contributed by atoms with Gasteiger partial charge >= 0.3 is 6.18 Å². The summed E-state index contributed by atoms with van der Waals surface area (Å²) in [5.74, 6) is 0. The molecule has 5 heteroatoms. The van der Waals surface area contributed by atoms with Gasteiger partial charge < -0.3 is 10.1 Å². The molecule has 0 radical (unpaired) electrons. The Morgan fingerprint density at radius 3 is 2.56 bits per heavy atom. The van der Waals surface area contributed by atoms with Crippen molar-refractivity contribution in [2.24, 2.45) is 0 Å². The van der Waals surface area contributed by atoms with E-state index in [-0.39, 0.29) is 11.8 Å². The summed E-state index contributed by atoms with van der Waals surface area (Å²) >= 11 is 0. The molecule has 1 aliphatic heterocycles. The van der Waals surface area contributed by atoms with Crippen LogP contribution in [0.5, 0.6) is 0 Å². The fourth-order valence-electron chi connectivity index (χ4n) is 2.15. The van der Waals surface area contributed by atoms with Crippen molar-refractivity contribution < 1.29 is 17.9 Å². The molecule has 0 spiro atoms. The number of rotatable bonds is 2. The van der Waals surface area contributed by atoms with Crippen LogP contribution in [0.2, 0.25) is 0 Å². The monoisotopic (exact) mass is 259 g/mol. The second-order valence-electron chi connectivity index (χ2n) is 4.85. The summed E-state index contributed by atoms with van der Waals surface area (Å²) in [6.45, 7) is 4.33. The van der Waals surface area contributed by atoms with Gasteiger partial charge in [-0.2, -0.15) is 13.2 Å². The third-order valence-corrected chi connectivity index (χ3v) is 3.54. The summed E-state index contributed by atoms with van der Waals surface area (Å²) in [4.78, 5) is 0. The lowest BCUT2D eigenvalue weighted by atomic mass is 9.93. The summed E-state index contributed by atoms with van der Waals surface area (Å²) in [6, 6.07) is 5.54. The van der Waals surface area contributed by atoms with Crippen LogP contribution in [0.25, 0.3) is 0 Å². The molecule has 100 valence electrons. The molecular weight excluding hydrogens is 243 g/mol. The molecule has 1 heterocycles. The number of hydrogen-bond acceptors (Lipinski definition) is 2. The fourth-order valence-corrected chi connectivity index (χ4v) is 2.15. The molecule has 18 heavy (non-hydrogen) atoms. The summed E-state index contributed by atoms with van der Waals surface area (Å²) in [5.41, 5.74) is -0.975. The average Bonchev–Trinajstić information content (AvgIpc) is 2.58. The van der Waals surface area contributed by atoms with E-state index in [4.69, 9.17) is 4.74 Å². The van der Waals surface area contributed by atoms with Crippen LogP contribution in [-0.4, -0.2) is 18.2 Å². The molecule has 0 saturated carbocycles. The Morgan fingerprint density at radius 1 is 1.33 bits per heavy atom. The molecule has 2 unspecified atom stereocenters. The van der Waals surface area contributed by atoms with Crippen molar-refractivity contribution in [2.75, 3.05) is 11.9 Å². The van der Waals surface area contributed by atoms with Gasteiger partial charge in [0.05, 0.1) is 17.2 Å². The maximum absolute atomic E-state index is 12.9. The Balaban J connectivity index is 2.30. The van der Waals surface area contributed by atoms with E-state index < -0.39 is 17.3 Å². The van der Waals surface area contributed by atoms with Crippen molar-refractivity contribution in [1.29, 1.82) is 0 Å². The van der Waals surface area contributed by atoms with E-state index in [1.807, 2.05) is 13.8 Å². The van der Waals surface area contributed by atoms with Crippen LogP contribution < -0.4 is 5.32 Å². The number of ether oxygens (including phenoxy) is 1. The maximum Gasteiger partial charge on any atom is 0.418 e. The second kappa shape index (κ2) is 4.46.